The second-order valence-corrected chi connectivity index (χ2v) is 3.36. The van der Waals surface area contributed by atoms with Crippen molar-refractivity contribution in [3.63, 3.8) is 0 Å². The zero-order valence-electron chi connectivity index (χ0n) is 5.44. The first-order valence-corrected chi connectivity index (χ1v) is 4.80. The fraction of sp³-hybridized carbons (Fsp3) is 0.143. The van der Waals surface area contributed by atoms with Crippen LogP contribution in [0.2, 0.25) is 0 Å². The van der Waals surface area contributed by atoms with Crippen LogP contribution in [0.4, 0.5) is 4.39 Å². The molecule has 1 N–H and O–H groups in total. The Kier molecular flexibility index (Phi) is 2.90. The molecule has 4 heteroatoms. The Morgan fingerprint density at radius 3 is 2.64 bits per heavy atom. The summed E-state index contributed by atoms with van der Waals surface area (Å²) in [5.41, 5.74) is 0.778. The van der Waals surface area contributed by atoms with Crippen LogP contribution in [0.25, 0.3) is 0 Å². The van der Waals surface area contributed by atoms with Gasteiger partial charge in [0, 0.05) is 5.33 Å². The fourth-order valence-corrected chi connectivity index (χ4v) is 2.00. The van der Waals surface area contributed by atoms with E-state index in [0.717, 1.165) is 5.56 Å². The van der Waals surface area contributed by atoms with Crippen molar-refractivity contribution >= 4 is 31.9 Å². The Labute approximate surface area is 80.5 Å². The van der Waals surface area contributed by atoms with Gasteiger partial charge in [-0.05, 0) is 27.6 Å². The van der Waals surface area contributed by atoms with Gasteiger partial charge in [0.05, 0.1) is 4.47 Å². The van der Waals surface area contributed by atoms with E-state index in [1.165, 1.54) is 6.07 Å². The molecule has 0 spiro atoms. The Morgan fingerprint density at radius 1 is 1.45 bits per heavy atom. The van der Waals surface area contributed by atoms with Gasteiger partial charge < -0.3 is 5.11 Å². The molecule has 60 valence electrons. The summed E-state index contributed by atoms with van der Waals surface area (Å²) >= 11 is 6.21. The second-order valence-electron chi connectivity index (χ2n) is 2.01. The van der Waals surface area contributed by atoms with Gasteiger partial charge in [-0.1, -0.05) is 22.0 Å². The Morgan fingerprint density at radius 2 is 2.09 bits per heavy atom. The maximum Gasteiger partial charge on any atom is 0.179 e. The van der Waals surface area contributed by atoms with Crippen molar-refractivity contribution in [1.29, 1.82) is 0 Å². The van der Waals surface area contributed by atoms with Gasteiger partial charge in [0.15, 0.2) is 11.6 Å². The van der Waals surface area contributed by atoms with Crippen LogP contribution in [-0.4, -0.2) is 5.11 Å². The predicted molar refractivity (Wildman–Crippen MR) is 48.4 cm³/mol. The van der Waals surface area contributed by atoms with Gasteiger partial charge in [0.25, 0.3) is 0 Å². The summed E-state index contributed by atoms with van der Waals surface area (Å²) in [7, 11) is 0. The average Bonchev–Trinajstić information content (AvgIpc) is 2.01. The molecule has 1 rings (SSSR count). The van der Waals surface area contributed by atoms with E-state index < -0.39 is 5.82 Å². The molecule has 0 heterocycles. The van der Waals surface area contributed by atoms with E-state index in [0.29, 0.717) is 9.80 Å². The first-order valence-electron chi connectivity index (χ1n) is 2.88. The molecule has 0 saturated heterocycles. The minimum Gasteiger partial charge on any atom is -0.505 e. The summed E-state index contributed by atoms with van der Waals surface area (Å²) in [5.74, 6) is -0.941. The highest BCUT2D eigenvalue weighted by Crippen LogP contribution is 2.28. The summed E-state index contributed by atoms with van der Waals surface area (Å²) < 4.78 is 13.2. The lowest BCUT2D eigenvalue weighted by atomic mass is 10.2. The van der Waals surface area contributed by atoms with Gasteiger partial charge >= 0.3 is 0 Å². The first kappa shape index (κ1) is 9.00. The molecule has 11 heavy (non-hydrogen) atoms. The highest BCUT2D eigenvalue weighted by molar-refractivity contribution is 9.10. The number of aromatic hydroxyl groups is 1. The molecule has 1 aromatic rings. The standard InChI is InChI=1S/C7H5Br2FO/c8-3-4-1-2-5(11)7(10)6(4)9/h1-2,11H,3H2. The van der Waals surface area contributed by atoms with Gasteiger partial charge in [-0.15, -0.1) is 0 Å². The number of alkyl halides is 1. The molecule has 0 aliphatic heterocycles. The molecular weight excluding hydrogens is 279 g/mol. The lowest BCUT2D eigenvalue weighted by molar-refractivity contribution is 0.430. The fourth-order valence-electron chi connectivity index (χ4n) is 0.682. The zero-order chi connectivity index (χ0) is 8.43. The van der Waals surface area contributed by atoms with E-state index in [2.05, 4.69) is 31.9 Å². The molecule has 0 bridgehead atoms. The largest absolute Gasteiger partial charge is 0.505 e. The van der Waals surface area contributed by atoms with Crippen LogP contribution in [-0.2, 0) is 5.33 Å². The molecule has 1 nitrogen and oxygen atoms in total. The van der Waals surface area contributed by atoms with Crippen molar-refractivity contribution in [3.05, 3.63) is 28.0 Å². The maximum atomic E-state index is 12.9. The maximum absolute atomic E-state index is 12.9. The minimum absolute atomic E-state index is 0.314. The van der Waals surface area contributed by atoms with Crippen LogP contribution in [0.3, 0.4) is 0 Å². The van der Waals surface area contributed by atoms with E-state index in [4.69, 9.17) is 5.11 Å². The molecular formula is C7H5Br2FO. The number of phenolic OH excluding ortho intramolecular Hbond substituents is 1. The molecule has 0 aromatic heterocycles. The first-order chi connectivity index (χ1) is 5.16. The van der Waals surface area contributed by atoms with Crippen molar-refractivity contribution < 1.29 is 9.50 Å². The van der Waals surface area contributed by atoms with Crippen LogP contribution in [0, 0.1) is 5.82 Å². The van der Waals surface area contributed by atoms with Crippen molar-refractivity contribution in [2.75, 3.05) is 0 Å². The number of halogens is 3. The lowest BCUT2D eigenvalue weighted by Gasteiger charge is -2.02. The number of hydrogen-bond donors (Lipinski definition) is 1. The van der Waals surface area contributed by atoms with E-state index in [-0.39, 0.29) is 5.75 Å². The Balaban J connectivity index is 3.25. The van der Waals surface area contributed by atoms with Crippen molar-refractivity contribution in [3.8, 4) is 5.75 Å². The summed E-state index contributed by atoms with van der Waals surface area (Å²) in [6.07, 6.45) is 0. The van der Waals surface area contributed by atoms with E-state index in [1.807, 2.05) is 0 Å². The number of hydrogen-bond acceptors (Lipinski definition) is 1. The van der Waals surface area contributed by atoms with Crippen LogP contribution >= 0.6 is 31.9 Å². The van der Waals surface area contributed by atoms with Crippen LogP contribution in [0.15, 0.2) is 16.6 Å². The van der Waals surface area contributed by atoms with E-state index in [1.54, 1.807) is 6.07 Å². The van der Waals surface area contributed by atoms with Gasteiger partial charge in [0.2, 0.25) is 0 Å². The third-order valence-corrected chi connectivity index (χ3v) is 2.75. The third kappa shape index (κ3) is 1.73. The zero-order valence-corrected chi connectivity index (χ0v) is 8.61. The van der Waals surface area contributed by atoms with Crippen molar-refractivity contribution in [2.24, 2.45) is 0 Å². The van der Waals surface area contributed by atoms with Crippen LogP contribution in [0.1, 0.15) is 5.56 Å². The predicted octanol–water partition coefficient (Wildman–Crippen LogP) is 3.19. The molecule has 0 amide bonds. The molecule has 0 radical (unpaired) electrons. The summed E-state index contributed by atoms with van der Waals surface area (Å²) in [6.45, 7) is 0. The smallest absolute Gasteiger partial charge is 0.179 e. The van der Waals surface area contributed by atoms with Gasteiger partial charge in [-0.3, -0.25) is 0 Å². The third-order valence-electron chi connectivity index (χ3n) is 1.29. The summed E-state index contributed by atoms with van der Waals surface area (Å²) in [6, 6.07) is 2.98. The van der Waals surface area contributed by atoms with Crippen LogP contribution < -0.4 is 0 Å². The Bertz CT molecular complexity index is 275. The molecule has 0 aliphatic rings. The monoisotopic (exact) mass is 282 g/mol. The SMILES string of the molecule is Oc1ccc(CBr)c(Br)c1F. The quantitative estimate of drug-likeness (QED) is 0.785. The minimum atomic E-state index is -0.609. The number of benzene rings is 1. The highest BCUT2D eigenvalue weighted by atomic mass is 79.9. The molecule has 0 atom stereocenters. The lowest BCUT2D eigenvalue weighted by Crippen LogP contribution is -1.85. The van der Waals surface area contributed by atoms with Gasteiger partial charge in [0.1, 0.15) is 0 Å². The Hall–Kier alpha value is -0.0900. The normalized spacial score (nSPS) is 10.1. The highest BCUT2D eigenvalue weighted by Gasteiger charge is 2.08. The van der Waals surface area contributed by atoms with E-state index in [9.17, 15) is 4.39 Å². The molecule has 1 aromatic carbocycles. The molecule has 0 unspecified atom stereocenters. The summed E-state index contributed by atoms with van der Waals surface area (Å²) in [5, 5.41) is 9.46. The molecule has 0 saturated carbocycles. The molecule has 0 fully saturated rings. The van der Waals surface area contributed by atoms with E-state index >= 15 is 0 Å². The van der Waals surface area contributed by atoms with Gasteiger partial charge in [-0.2, -0.15) is 0 Å². The number of phenols is 1. The van der Waals surface area contributed by atoms with Crippen molar-refractivity contribution in [1.82, 2.24) is 0 Å². The number of rotatable bonds is 1. The van der Waals surface area contributed by atoms with Crippen molar-refractivity contribution in [2.45, 2.75) is 5.33 Å². The average molecular weight is 284 g/mol. The second kappa shape index (κ2) is 3.54. The summed E-state index contributed by atoms with van der Waals surface area (Å²) in [4.78, 5) is 0. The van der Waals surface area contributed by atoms with Crippen LogP contribution in [0.5, 0.6) is 5.75 Å². The van der Waals surface area contributed by atoms with Gasteiger partial charge in [-0.25, -0.2) is 4.39 Å². The molecule has 0 aliphatic carbocycles. The topological polar surface area (TPSA) is 20.2 Å².